The van der Waals surface area contributed by atoms with E-state index in [-0.39, 0.29) is 12.1 Å². The Morgan fingerprint density at radius 1 is 0.875 bits per heavy atom. The van der Waals surface area contributed by atoms with E-state index in [4.69, 9.17) is 0 Å². The first-order valence-electron chi connectivity index (χ1n) is 9.44. The van der Waals surface area contributed by atoms with Gasteiger partial charge in [-0.05, 0) is 37.5 Å². The van der Waals surface area contributed by atoms with Crippen molar-refractivity contribution in [3.8, 4) is 0 Å². The number of sulfonamides is 1. The SMILES string of the molecule is CS(=O)(=O)N1CCC(NC(=O)NC2CC3CCCCCC3C2)CC1. The van der Waals surface area contributed by atoms with Gasteiger partial charge in [0.15, 0.2) is 0 Å². The number of hydrogen-bond acceptors (Lipinski definition) is 3. The molecule has 2 aliphatic carbocycles. The Hall–Kier alpha value is -0.820. The van der Waals surface area contributed by atoms with E-state index in [1.165, 1.54) is 42.7 Å². The Bertz CT molecular complexity index is 529. The number of nitrogens with one attached hydrogen (secondary N) is 2. The van der Waals surface area contributed by atoms with Crippen LogP contribution in [0.3, 0.4) is 0 Å². The second-order valence-electron chi connectivity index (χ2n) is 7.88. The van der Waals surface area contributed by atoms with Crippen molar-refractivity contribution in [1.29, 1.82) is 0 Å². The summed E-state index contributed by atoms with van der Waals surface area (Å²) in [5, 5.41) is 6.20. The summed E-state index contributed by atoms with van der Waals surface area (Å²) in [5.41, 5.74) is 0. The Kier molecular flexibility index (Phi) is 5.70. The molecule has 2 unspecified atom stereocenters. The van der Waals surface area contributed by atoms with Gasteiger partial charge >= 0.3 is 6.03 Å². The molecule has 7 heteroatoms. The summed E-state index contributed by atoms with van der Waals surface area (Å²) >= 11 is 0. The second kappa shape index (κ2) is 7.60. The molecule has 2 amide bonds. The molecule has 24 heavy (non-hydrogen) atoms. The minimum atomic E-state index is -3.11. The normalized spacial score (nSPS) is 32.8. The van der Waals surface area contributed by atoms with Crippen LogP contribution in [-0.4, -0.2) is 50.2 Å². The zero-order valence-corrected chi connectivity index (χ0v) is 15.5. The van der Waals surface area contributed by atoms with Crippen molar-refractivity contribution in [3.63, 3.8) is 0 Å². The highest BCUT2D eigenvalue weighted by molar-refractivity contribution is 7.88. The fraction of sp³-hybridized carbons (Fsp3) is 0.941. The second-order valence-corrected chi connectivity index (χ2v) is 9.86. The third kappa shape index (κ3) is 4.63. The van der Waals surface area contributed by atoms with Crippen LogP contribution < -0.4 is 10.6 Å². The van der Waals surface area contributed by atoms with E-state index in [2.05, 4.69) is 10.6 Å². The van der Waals surface area contributed by atoms with Gasteiger partial charge in [-0.2, -0.15) is 0 Å². The van der Waals surface area contributed by atoms with Crippen molar-refractivity contribution in [2.45, 2.75) is 69.9 Å². The van der Waals surface area contributed by atoms with Gasteiger partial charge in [0.2, 0.25) is 10.0 Å². The van der Waals surface area contributed by atoms with Crippen LogP contribution in [-0.2, 0) is 10.0 Å². The van der Waals surface area contributed by atoms with E-state index in [0.717, 1.165) is 24.7 Å². The first-order chi connectivity index (χ1) is 11.4. The van der Waals surface area contributed by atoms with E-state index in [0.29, 0.717) is 32.0 Å². The molecule has 0 bridgehead atoms. The number of amides is 2. The molecule has 0 spiro atoms. The summed E-state index contributed by atoms with van der Waals surface area (Å²) in [6.45, 7) is 0.995. The Balaban J connectivity index is 1.41. The largest absolute Gasteiger partial charge is 0.335 e. The van der Waals surface area contributed by atoms with E-state index in [1.807, 2.05) is 0 Å². The van der Waals surface area contributed by atoms with Crippen molar-refractivity contribution in [1.82, 2.24) is 14.9 Å². The van der Waals surface area contributed by atoms with Crippen LogP contribution in [0, 0.1) is 11.8 Å². The van der Waals surface area contributed by atoms with Gasteiger partial charge in [0.1, 0.15) is 0 Å². The molecule has 1 heterocycles. The van der Waals surface area contributed by atoms with Crippen molar-refractivity contribution >= 4 is 16.1 Å². The predicted octanol–water partition coefficient (Wildman–Crippen LogP) is 2.07. The highest BCUT2D eigenvalue weighted by atomic mass is 32.2. The quantitative estimate of drug-likeness (QED) is 0.811. The van der Waals surface area contributed by atoms with Crippen LogP contribution >= 0.6 is 0 Å². The highest BCUT2D eigenvalue weighted by Gasteiger charge is 2.35. The zero-order valence-electron chi connectivity index (χ0n) is 14.7. The third-order valence-electron chi connectivity index (χ3n) is 6.08. The molecule has 3 rings (SSSR count). The smallest absolute Gasteiger partial charge is 0.315 e. The number of carbonyl (C=O) groups is 1. The van der Waals surface area contributed by atoms with Crippen molar-refractivity contribution in [2.75, 3.05) is 19.3 Å². The van der Waals surface area contributed by atoms with Gasteiger partial charge in [-0.25, -0.2) is 17.5 Å². The summed E-state index contributed by atoms with van der Waals surface area (Å²) in [4.78, 5) is 12.3. The third-order valence-corrected chi connectivity index (χ3v) is 7.39. The molecule has 0 aromatic rings. The van der Waals surface area contributed by atoms with Crippen LogP contribution in [0.15, 0.2) is 0 Å². The fourth-order valence-electron chi connectivity index (χ4n) is 4.77. The lowest BCUT2D eigenvalue weighted by Gasteiger charge is -2.31. The van der Waals surface area contributed by atoms with E-state index in [1.54, 1.807) is 0 Å². The predicted molar refractivity (Wildman–Crippen MR) is 94.2 cm³/mol. The van der Waals surface area contributed by atoms with Crippen molar-refractivity contribution in [3.05, 3.63) is 0 Å². The standard InChI is InChI=1S/C17H31N3O3S/c1-24(22,23)20-9-7-15(8-10-20)18-17(21)19-16-11-13-5-3-2-4-6-14(13)12-16/h13-16H,2-12H2,1H3,(H2,18,19,21). The van der Waals surface area contributed by atoms with Crippen LogP contribution in [0.1, 0.15) is 57.8 Å². The Labute approximate surface area is 145 Å². The molecule has 0 radical (unpaired) electrons. The van der Waals surface area contributed by atoms with Gasteiger partial charge in [0, 0.05) is 25.2 Å². The molecule has 138 valence electrons. The summed E-state index contributed by atoms with van der Waals surface area (Å²) in [5.74, 6) is 1.60. The molecule has 0 aromatic carbocycles. The summed E-state index contributed by atoms with van der Waals surface area (Å²) in [6, 6.07) is 0.318. The van der Waals surface area contributed by atoms with Crippen LogP contribution in [0.2, 0.25) is 0 Å². The number of nitrogens with zero attached hydrogens (tertiary/aromatic N) is 1. The molecular weight excluding hydrogens is 326 g/mol. The monoisotopic (exact) mass is 357 g/mol. The molecule has 2 N–H and O–H groups in total. The number of rotatable bonds is 3. The zero-order chi connectivity index (χ0) is 17.2. The van der Waals surface area contributed by atoms with Gasteiger partial charge in [-0.3, -0.25) is 0 Å². The summed E-state index contributed by atoms with van der Waals surface area (Å²) in [6.07, 6.45) is 11.6. The highest BCUT2D eigenvalue weighted by Crippen LogP contribution is 2.41. The molecule has 2 saturated carbocycles. The number of urea groups is 1. The maximum absolute atomic E-state index is 12.3. The lowest BCUT2D eigenvalue weighted by Crippen LogP contribution is -2.50. The van der Waals surface area contributed by atoms with Crippen LogP contribution in [0.5, 0.6) is 0 Å². The van der Waals surface area contributed by atoms with Crippen molar-refractivity contribution in [2.24, 2.45) is 11.8 Å². The van der Waals surface area contributed by atoms with E-state index < -0.39 is 10.0 Å². The molecule has 1 saturated heterocycles. The Morgan fingerprint density at radius 2 is 1.42 bits per heavy atom. The minimum Gasteiger partial charge on any atom is -0.335 e. The van der Waals surface area contributed by atoms with E-state index >= 15 is 0 Å². The molecule has 1 aliphatic heterocycles. The number of fused-ring (bicyclic) bond motifs is 1. The fourth-order valence-corrected chi connectivity index (χ4v) is 5.65. The molecule has 0 aromatic heterocycles. The number of carbonyl (C=O) groups excluding carboxylic acids is 1. The molecule has 6 nitrogen and oxygen atoms in total. The van der Waals surface area contributed by atoms with Crippen molar-refractivity contribution < 1.29 is 13.2 Å². The first kappa shape index (κ1) is 18.0. The maximum atomic E-state index is 12.3. The van der Waals surface area contributed by atoms with Crippen LogP contribution in [0.4, 0.5) is 4.79 Å². The van der Waals surface area contributed by atoms with Gasteiger partial charge in [-0.15, -0.1) is 0 Å². The number of hydrogen-bond donors (Lipinski definition) is 2. The molecule has 3 aliphatic rings. The minimum absolute atomic E-state index is 0.0748. The average Bonchev–Trinajstić information content (AvgIpc) is 2.75. The lowest BCUT2D eigenvalue weighted by molar-refractivity contribution is 0.224. The molecule has 3 fully saturated rings. The van der Waals surface area contributed by atoms with Gasteiger partial charge in [-0.1, -0.05) is 32.1 Å². The molecular formula is C17H31N3O3S. The lowest BCUT2D eigenvalue weighted by atomic mass is 9.92. The van der Waals surface area contributed by atoms with E-state index in [9.17, 15) is 13.2 Å². The molecule has 2 atom stereocenters. The topological polar surface area (TPSA) is 78.5 Å². The number of piperidine rings is 1. The Morgan fingerprint density at radius 3 is 1.96 bits per heavy atom. The van der Waals surface area contributed by atoms with Gasteiger partial charge < -0.3 is 10.6 Å². The summed E-state index contributed by atoms with van der Waals surface area (Å²) < 4.78 is 24.5. The van der Waals surface area contributed by atoms with Gasteiger partial charge in [0.25, 0.3) is 0 Å². The van der Waals surface area contributed by atoms with Gasteiger partial charge in [0.05, 0.1) is 6.26 Å². The average molecular weight is 358 g/mol. The first-order valence-corrected chi connectivity index (χ1v) is 11.3. The summed E-state index contributed by atoms with van der Waals surface area (Å²) in [7, 11) is -3.11. The maximum Gasteiger partial charge on any atom is 0.315 e. The van der Waals surface area contributed by atoms with Crippen LogP contribution in [0.25, 0.3) is 0 Å².